The number of amides is 1. The summed E-state index contributed by atoms with van der Waals surface area (Å²) in [5.74, 6) is -1.12. The van der Waals surface area contributed by atoms with E-state index < -0.39 is 26.8 Å². The molecule has 0 aliphatic rings. The van der Waals surface area contributed by atoms with Crippen molar-refractivity contribution < 1.29 is 31.8 Å². The number of nitrogens with zero attached hydrogens (tertiary/aromatic N) is 2. The molecule has 3 N–H and O–H groups in total. The first-order valence-corrected chi connectivity index (χ1v) is 15.5. The topological polar surface area (TPSA) is 143 Å². The summed E-state index contributed by atoms with van der Waals surface area (Å²) in [5, 5.41) is -0.420. The standard InChI is InChI=1S/C32H35FN4O6S/c1-21(2)19-43-26-17-24(16-25(33)18-26)28-13-12-27(31(38)37-44(39,40)30-11-7-10-29(34)36-30)32(35-28)41-15-14-22(3)42-20-23-8-5-4-6-9-23/h4-13,16-18,21-22H,14-15,19-20H2,1-3H3,(H2,34,36)(H,37,38). The van der Waals surface area contributed by atoms with Crippen LogP contribution < -0.4 is 19.9 Å². The number of aromatic nitrogens is 2. The number of hydrogen-bond donors (Lipinski definition) is 2. The summed E-state index contributed by atoms with van der Waals surface area (Å²) in [5.41, 5.74) is 7.17. The first kappa shape index (κ1) is 32.4. The first-order chi connectivity index (χ1) is 21.0. The predicted octanol–water partition coefficient (Wildman–Crippen LogP) is 5.39. The highest BCUT2D eigenvalue weighted by molar-refractivity contribution is 7.90. The number of ether oxygens (including phenoxy) is 3. The lowest BCUT2D eigenvalue weighted by atomic mass is 10.1. The fraction of sp³-hybridized carbons (Fsp3) is 0.281. The molecule has 0 saturated heterocycles. The Hall–Kier alpha value is -4.55. The lowest BCUT2D eigenvalue weighted by Crippen LogP contribution is -2.32. The van der Waals surface area contributed by atoms with Crippen LogP contribution in [-0.4, -0.2) is 43.6 Å². The van der Waals surface area contributed by atoms with Crippen LogP contribution in [0.3, 0.4) is 0 Å². The number of nitrogen functional groups attached to an aromatic ring is 1. The zero-order valence-electron chi connectivity index (χ0n) is 24.7. The van der Waals surface area contributed by atoms with Gasteiger partial charge in [-0.05, 0) is 54.8 Å². The van der Waals surface area contributed by atoms with E-state index in [0.717, 1.165) is 5.56 Å². The summed E-state index contributed by atoms with van der Waals surface area (Å²) < 4.78 is 59.7. The minimum Gasteiger partial charge on any atom is -0.493 e. The van der Waals surface area contributed by atoms with Crippen molar-refractivity contribution in [1.29, 1.82) is 0 Å². The van der Waals surface area contributed by atoms with E-state index in [1.807, 2.05) is 55.8 Å². The molecule has 4 aromatic rings. The average Bonchev–Trinajstić information content (AvgIpc) is 2.99. The van der Waals surface area contributed by atoms with Gasteiger partial charge in [-0.15, -0.1) is 0 Å². The van der Waals surface area contributed by atoms with Crippen LogP contribution in [0.1, 0.15) is 43.1 Å². The normalized spacial score (nSPS) is 12.1. The van der Waals surface area contributed by atoms with E-state index in [1.54, 1.807) is 6.07 Å². The Morgan fingerprint density at radius 2 is 1.73 bits per heavy atom. The van der Waals surface area contributed by atoms with Gasteiger partial charge in [0.1, 0.15) is 22.9 Å². The van der Waals surface area contributed by atoms with Crippen LogP contribution in [0, 0.1) is 11.7 Å². The molecule has 1 unspecified atom stereocenters. The minimum absolute atomic E-state index is 0.0224. The largest absolute Gasteiger partial charge is 0.493 e. The van der Waals surface area contributed by atoms with Crippen LogP contribution in [0.25, 0.3) is 11.3 Å². The maximum atomic E-state index is 14.5. The molecule has 0 spiro atoms. The van der Waals surface area contributed by atoms with Crippen molar-refractivity contribution in [2.75, 3.05) is 18.9 Å². The van der Waals surface area contributed by atoms with Gasteiger partial charge in [0.15, 0.2) is 5.03 Å². The van der Waals surface area contributed by atoms with Gasteiger partial charge in [0, 0.05) is 18.1 Å². The Balaban J connectivity index is 1.57. The van der Waals surface area contributed by atoms with Gasteiger partial charge in [-0.2, -0.15) is 8.42 Å². The van der Waals surface area contributed by atoms with Crippen LogP contribution in [0.5, 0.6) is 11.6 Å². The van der Waals surface area contributed by atoms with E-state index in [-0.39, 0.29) is 35.9 Å². The molecule has 4 rings (SSSR count). The highest BCUT2D eigenvalue weighted by Gasteiger charge is 2.24. The Bertz CT molecular complexity index is 1690. The van der Waals surface area contributed by atoms with Crippen molar-refractivity contribution >= 4 is 21.7 Å². The van der Waals surface area contributed by atoms with E-state index in [9.17, 15) is 17.6 Å². The maximum absolute atomic E-state index is 14.5. The van der Waals surface area contributed by atoms with Gasteiger partial charge in [-0.1, -0.05) is 50.2 Å². The Kier molecular flexibility index (Phi) is 10.9. The maximum Gasteiger partial charge on any atom is 0.281 e. The molecule has 2 aromatic carbocycles. The number of sulfonamides is 1. The molecule has 2 heterocycles. The van der Waals surface area contributed by atoms with Crippen molar-refractivity contribution in [3.05, 3.63) is 95.8 Å². The van der Waals surface area contributed by atoms with Gasteiger partial charge in [-0.3, -0.25) is 4.79 Å². The molecular weight excluding hydrogens is 587 g/mol. The Morgan fingerprint density at radius 3 is 2.45 bits per heavy atom. The summed E-state index contributed by atoms with van der Waals surface area (Å²) in [7, 11) is -4.36. The van der Waals surface area contributed by atoms with Crippen LogP contribution in [-0.2, 0) is 21.4 Å². The summed E-state index contributed by atoms with van der Waals surface area (Å²) in [6.07, 6.45) is 0.243. The molecule has 1 amide bonds. The highest BCUT2D eigenvalue weighted by atomic mass is 32.2. The van der Waals surface area contributed by atoms with E-state index in [2.05, 4.69) is 9.97 Å². The van der Waals surface area contributed by atoms with Crippen molar-refractivity contribution in [2.24, 2.45) is 5.92 Å². The molecule has 0 aliphatic heterocycles. The lowest BCUT2D eigenvalue weighted by molar-refractivity contribution is 0.0382. The van der Waals surface area contributed by atoms with Crippen LogP contribution in [0.15, 0.2) is 83.9 Å². The highest BCUT2D eigenvalue weighted by Crippen LogP contribution is 2.28. The molecular formula is C32H35FN4O6S. The zero-order chi connectivity index (χ0) is 31.7. The molecule has 10 nitrogen and oxygen atoms in total. The second-order valence-corrected chi connectivity index (χ2v) is 12.1. The lowest BCUT2D eigenvalue weighted by Gasteiger charge is -2.16. The van der Waals surface area contributed by atoms with Crippen molar-refractivity contribution in [3.63, 3.8) is 0 Å². The molecule has 12 heteroatoms. The number of carbonyl (C=O) groups excluding carboxylic acids is 1. The molecule has 1 atom stereocenters. The SMILES string of the molecule is CC(C)COc1cc(F)cc(-c2ccc(C(=O)NS(=O)(=O)c3cccc(N)n3)c(OCCC(C)OCc3ccccc3)n2)c1. The minimum atomic E-state index is -4.36. The number of carbonyl (C=O) groups is 1. The van der Waals surface area contributed by atoms with Crippen molar-refractivity contribution in [1.82, 2.24) is 14.7 Å². The van der Waals surface area contributed by atoms with Gasteiger partial charge in [0.2, 0.25) is 5.88 Å². The van der Waals surface area contributed by atoms with Crippen molar-refractivity contribution in [2.45, 2.75) is 44.9 Å². The molecule has 0 fully saturated rings. The molecule has 0 bridgehead atoms. The Labute approximate surface area is 256 Å². The number of benzene rings is 2. The van der Waals surface area contributed by atoms with Crippen molar-refractivity contribution in [3.8, 4) is 22.9 Å². The van der Waals surface area contributed by atoms with E-state index in [4.69, 9.17) is 19.9 Å². The fourth-order valence-electron chi connectivity index (χ4n) is 3.97. The number of nitrogens with one attached hydrogen (secondary N) is 1. The molecule has 44 heavy (non-hydrogen) atoms. The van der Waals surface area contributed by atoms with Gasteiger partial charge < -0.3 is 19.9 Å². The summed E-state index contributed by atoms with van der Waals surface area (Å²) in [4.78, 5) is 21.5. The number of hydrogen-bond acceptors (Lipinski definition) is 9. The molecule has 0 saturated carbocycles. The van der Waals surface area contributed by atoms with Gasteiger partial charge in [0.05, 0.1) is 31.6 Å². The van der Waals surface area contributed by atoms with Crippen LogP contribution >= 0.6 is 0 Å². The number of anilines is 1. The summed E-state index contributed by atoms with van der Waals surface area (Å²) >= 11 is 0. The number of rotatable bonds is 14. The molecule has 0 aliphatic carbocycles. The Morgan fingerprint density at radius 1 is 0.955 bits per heavy atom. The summed E-state index contributed by atoms with van der Waals surface area (Å²) in [6, 6.07) is 20.8. The third-order valence-electron chi connectivity index (χ3n) is 6.24. The smallest absolute Gasteiger partial charge is 0.281 e. The third kappa shape index (κ3) is 9.22. The van der Waals surface area contributed by atoms with Gasteiger partial charge in [-0.25, -0.2) is 19.1 Å². The quantitative estimate of drug-likeness (QED) is 0.189. The molecule has 232 valence electrons. The van der Waals surface area contributed by atoms with Crippen LogP contribution in [0.2, 0.25) is 0 Å². The van der Waals surface area contributed by atoms with Gasteiger partial charge in [0.25, 0.3) is 15.9 Å². The van der Waals surface area contributed by atoms with Gasteiger partial charge >= 0.3 is 0 Å². The number of halogens is 1. The van der Waals surface area contributed by atoms with E-state index in [0.29, 0.717) is 36.6 Å². The number of nitrogens with two attached hydrogens (primary N) is 1. The third-order valence-corrected chi connectivity index (χ3v) is 7.48. The second-order valence-electron chi connectivity index (χ2n) is 10.5. The molecule has 0 radical (unpaired) electrons. The van der Waals surface area contributed by atoms with E-state index in [1.165, 1.54) is 42.5 Å². The first-order valence-electron chi connectivity index (χ1n) is 14.0. The van der Waals surface area contributed by atoms with E-state index >= 15 is 0 Å². The monoisotopic (exact) mass is 622 g/mol. The predicted molar refractivity (Wildman–Crippen MR) is 164 cm³/mol. The number of pyridine rings is 2. The fourth-order valence-corrected chi connectivity index (χ4v) is 4.91. The zero-order valence-corrected chi connectivity index (χ0v) is 25.5. The average molecular weight is 623 g/mol. The van der Waals surface area contributed by atoms with Crippen LogP contribution in [0.4, 0.5) is 10.2 Å². The summed E-state index contributed by atoms with van der Waals surface area (Å²) in [6.45, 7) is 6.75. The molecule has 2 aromatic heterocycles. The second kappa shape index (κ2) is 14.8.